The molecule has 8 heteroatoms. The molecule has 18 heavy (non-hydrogen) atoms. The van der Waals surface area contributed by atoms with Crippen molar-refractivity contribution >= 4 is 49.1 Å². The SMILES string of the molecule is CSCCC(C)NS(=O)(=O)c1cc(CO)sc1Br. The van der Waals surface area contributed by atoms with Gasteiger partial charge in [0.2, 0.25) is 10.0 Å². The van der Waals surface area contributed by atoms with E-state index in [9.17, 15) is 8.42 Å². The number of aliphatic hydroxyl groups is 1. The number of nitrogens with one attached hydrogen (secondary N) is 1. The lowest BCUT2D eigenvalue weighted by Crippen LogP contribution is -2.32. The van der Waals surface area contributed by atoms with Gasteiger partial charge in [-0.1, -0.05) is 0 Å². The lowest BCUT2D eigenvalue weighted by Gasteiger charge is -2.13. The fourth-order valence-corrected chi connectivity index (χ4v) is 5.75. The van der Waals surface area contributed by atoms with E-state index < -0.39 is 10.0 Å². The molecule has 0 saturated heterocycles. The Hall–Kier alpha value is 0.400. The Kier molecular flexibility index (Phi) is 6.63. The Morgan fingerprint density at radius 2 is 2.28 bits per heavy atom. The van der Waals surface area contributed by atoms with Gasteiger partial charge in [-0.05, 0) is 47.3 Å². The molecule has 0 aromatic carbocycles. The third-order valence-corrected chi connectivity index (χ3v) is 6.73. The predicted molar refractivity (Wildman–Crippen MR) is 80.7 cm³/mol. The molecule has 104 valence electrons. The van der Waals surface area contributed by atoms with Gasteiger partial charge in [0.1, 0.15) is 4.90 Å². The first-order valence-electron chi connectivity index (χ1n) is 5.31. The fourth-order valence-electron chi connectivity index (χ4n) is 1.34. The highest BCUT2D eigenvalue weighted by atomic mass is 79.9. The van der Waals surface area contributed by atoms with Crippen molar-refractivity contribution in [2.45, 2.75) is 30.9 Å². The summed E-state index contributed by atoms with van der Waals surface area (Å²) in [6.07, 6.45) is 2.78. The highest BCUT2D eigenvalue weighted by Crippen LogP contribution is 2.31. The Morgan fingerprint density at radius 1 is 1.61 bits per heavy atom. The summed E-state index contributed by atoms with van der Waals surface area (Å²) in [4.78, 5) is 0.826. The maximum absolute atomic E-state index is 12.1. The van der Waals surface area contributed by atoms with Gasteiger partial charge in [0.05, 0.1) is 10.4 Å². The van der Waals surface area contributed by atoms with Crippen molar-refractivity contribution in [1.82, 2.24) is 4.72 Å². The molecule has 0 aliphatic rings. The first-order chi connectivity index (χ1) is 8.40. The quantitative estimate of drug-likeness (QED) is 0.769. The van der Waals surface area contributed by atoms with Gasteiger partial charge >= 0.3 is 0 Å². The first-order valence-corrected chi connectivity index (χ1v) is 9.79. The van der Waals surface area contributed by atoms with Crippen LogP contribution >= 0.6 is 39.0 Å². The molecule has 0 saturated carbocycles. The van der Waals surface area contributed by atoms with Gasteiger partial charge in [-0.15, -0.1) is 11.3 Å². The van der Waals surface area contributed by atoms with E-state index in [4.69, 9.17) is 5.11 Å². The summed E-state index contributed by atoms with van der Waals surface area (Å²) in [6.45, 7) is 1.70. The van der Waals surface area contributed by atoms with Crippen molar-refractivity contribution in [3.05, 3.63) is 14.7 Å². The van der Waals surface area contributed by atoms with Crippen LogP contribution in [-0.2, 0) is 16.6 Å². The van der Waals surface area contributed by atoms with Gasteiger partial charge in [-0.3, -0.25) is 0 Å². The second kappa shape index (κ2) is 7.25. The second-order valence-corrected chi connectivity index (χ2v) is 8.94. The molecule has 1 unspecified atom stereocenters. The first kappa shape index (κ1) is 16.5. The molecule has 1 rings (SSSR count). The number of thioether (sulfide) groups is 1. The summed E-state index contributed by atoms with van der Waals surface area (Å²) < 4.78 is 27.4. The van der Waals surface area contributed by atoms with E-state index in [0.29, 0.717) is 8.66 Å². The molecule has 0 bridgehead atoms. The summed E-state index contributed by atoms with van der Waals surface area (Å²) in [5.74, 6) is 0.913. The van der Waals surface area contributed by atoms with Crippen molar-refractivity contribution in [3.63, 3.8) is 0 Å². The van der Waals surface area contributed by atoms with Crippen LogP contribution in [0, 0.1) is 0 Å². The zero-order valence-electron chi connectivity index (χ0n) is 10.1. The summed E-state index contributed by atoms with van der Waals surface area (Å²) in [5.41, 5.74) is 0. The number of halogens is 1. The number of hydrogen-bond acceptors (Lipinski definition) is 5. The lowest BCUT2D eigenvalue weighted by molar-refractivity contribution is 0.285. The van der Waals surface area contributed by atoms with Crippen LogP contribution in [0.5, 0.6) is 0 Å². The average Bonchev–Trinajstić information content (AvgIpc) is 2.68. The van der Waals surface area contributed by atoms with E-state index in [1.165, 1.54) is 17.4 Å². The summed E-state index contributed by atoms with van der Waals surface area (Å²) in [7, 11) is -3.52. The molecule has 1 aromatic rings. The molecule has 2 N–H and O–H groups in total. The number of thiophene rings is 1. The van der Waals surface area contributed by atoms with Crippen LogP contribution in [0.1, 0.15) is 18.2 Å². The molecule has 1 aromatic heterocycles. The second-order valence-electron chi connectivity index (χ2n) is 3.81. The zero-order chi connectivity index (χ0) is 13.8. The van der Waals surface area contributed by atoms with Crippen molar-refractivity contribution in [3.8, 4) is 0 Å². The normalized spacial score (nSPS) is 13.8. The summed E-state index contributed by atoms with van der Waals surface area (Å²) in [5, 5.41) is 9.01. The average molecular weight is 374 g/mol. The van der Waals surface area contributed by atoms with E-state index >= 15 is 0 Å². The molecule has 0 amide bonds. The van der Waals surface area contributed by atoms with E-state index in [0.717, 1.165) is 12.2 Å². The Labute approximate surface area is 124 Å². The van der Waals surface area contributed by atoms with Crippen molar-refractivity contribution in [1.29, 1.82) is 0 Å². The van der Waals surface area contributed by atoms with Crippen LogP contribution in [0.2, 0.25) is 0 Å². The van der Waals surface area contributed by atoms with Crippen LogP contribution in [0.3, 0.4) is 0 Å². The van der Waals surface area contributed by atoms with E-state index in [2.05, 4.69) is 20.7 Å². The molecule has 0 radical (unpaired) electrons. The van der Waals surface area contributed by atoms with E-state index in [1.54, 1.807) is 11.8 Å². The van der Waals surface area contributed by atoms with Gasteiger partial charge < -0.3 is 5.11 Å². The van der Waals surface area contributed by atoms with Gasteiger partial charge in [0.15, 0.2) is 0 Å². The molecule has 1 atom stereocenters. The summed E-state index contributed by atoms with van der Waals surface area (Å²) >= 11 is 6.14. The van der Waals surface area contributed by atoms with Gasteiger partial charge in [0.25, 0.3) is 0 Å². The van der Waals surface area contributed by atoms with Crippen LogP contribution in [0.25, 0.3) is 0 Å². The number of hydrogen-bond donors (Lipinski definition) is 2. The molecule has 0 fully saturated rings. The van der Waals surface area contributed by atoms with Crippen molar-refractivity contribution in [2.24, 2.45) is 0 Å². The summed E-state index contributed by atoms with van der Waals surface area (Å²) in [6, 6.07) is 1.39. The van der Waals surface area contributed by atoms with Crippen molar-refractivity contribution < 1.29 is 13.5 Å². The van der Waals surface area contributed by atoms with Gasteiger partial charge in [-0.25, -0.2) is 13.1 Å². The number of rotatable bonds is 7. The highest BCUT2D eigenvalue weighted by Gasteiger charge is 2.22. The maximum Gasteiger partial charge on any atom is 0.242 e. The standard InChI is InChI=1S/C10H16BrNO3S3/c1-7(3-4-16-2)12-18(14,15)9-5-8(6-13)17-10(9)11/h5,7,12-13H,3-4,6H2,1-2H3. The topological polar surface area (TPSA) is 66.4 Å². The Morgan fingerprint density at radius 3 is 2.78 bits per heavy atom. The molecule has 0 spiro atoms. The lowest BCUT2D eigenvalue weighted by atomic mass is 10.3. The minimum absolute atomic E-state index is 0.105. The monoisotopic (exact) mass is 373 g/mol. The number of sulfonamides is 1. The van der Waals surface area contributed by atoms with Crippen molar-refractivity contribution in [2.75, 3.05) is 12.0 Å². The van der Waals surface area contributed by atoms with Crippen LogP contribution < -0.4 is 4.72 Å². The third-order valence-electron chi connectivity index (χ3n) is 2.26. The van der Waals surface area contributed by atoms with Crippen LogP contribution in [0.4, 0.5) is 0 Å². The molecule has 1 heterocycles. The van der Waals surface area contributed by atoms with Crippen LogP contribution in [-0.4, -0.2) is 31.6 Å². The largest absolute Gasteiger partial charge is 0.391 e. The molecule has 4 nitrogen and oxygen atoms in total. The van der Waals surface area contributed by atoms with E-state index in [1.807, 2.05) is 13.2 Å². The molecule has 0 aliphatic carbocycles. The predicted octanol–water partition coefficient (Wildman–Crippen LogP) is 2.42. The zero-order valence-corrected chi connectivity index (χ0v) is 14.2. The molecule has 0 aliphatic heterocycles. The minimum atomic E-state index is -3.52. The number of aliphatic hydroxyl groups excluding tert-OH is 1. The Bertz CT molecular complexity index is 487. The fraction of sp³-hybridized carbons (Fsp3) is 0.600. The molecular weight excluding hydrogens is 358 g/mol. The van der Waals surface area contributed by atoms with E-state index in [-0.39, 0.29) is 17.5 Å². The van der Waals surface area contributed by atoms with Crippen LogP contribution in [0.15, 0.2) is 14.7 Å². The third kappa shape index (κ3) is 4.50. The minimum Gasteiger partial charge on any atom is -0.391 e. The Balaban J connectivity index is 2.82. The molecular formula is C10H16BrNO3S3. The maximum atomic E-state index is 12.1. The van der Waals surface area contributed by atoms with Gasteiger partial charge in [0, 0.05) is 10.9 Å². The highest BCUT2D eigenvalue weighted by molar-refractivity contribution is 9.11. The smallest absolute Gasteiger partial charge is 0.242 e. The van der Waals surface area contributed by atoms with Gasteiger partial charge in [-0.2, -0.15) is 11.8 Å².